The predicted octanol–water partition coefficient (Wildman–Crippen LogP) is 3.27. The molecule has 156 valence electrons. The number of amides is 1. The van der Waals surface area contributed by atoms with Crippen molar-refractivity contribution < 1.29 is 9.53 Å². The second kappa shape index (κ2) is 8.16. The number of anilines is 2. The summed E-state index contributed by atoms with van der Waals surface area (Å²) in [5.41, 5.74) is 4.27. The third-order valence-corrected chi connectivity index (χ3v) is 5.30. The number of fused-ring (bicyclic) bond motifs is 1. The quantitative estimate of drug-likeness (QED) is 0.552. The van der Waals surface area contributed by atoms with E-state index in [-0.39, 0.29) is 12.0 Å². The fourth-order valence-corrected chi connectivity index (χ4v) is 3.81. The van der Waals surface area contributed by atoms with Gasteiger partial charge >= 0.3 is 0 Å². The van der Waals surface area contributed by atoms with Crippen molar-refractivity contribution in [3.63, 3.8) is 0 Å². The molecule has 31 heavy (non-hydrogen) atoms. The van der Waals surface area contributed by atoms with Gasteiger partial charge in [0.25, 0.3) is 5.91 Å². The van der Waals surface area contributed by atoms with Crippen molar-refractivity contribution in [1.82, 2.24) is 19.6 Å². The Balaban J connectivity index is 1.46. The molecule has 1 aliphatic rings. The molecule has 1 fully saturated rings. The highest BCUT2D eigenvalue weighted by Gasteiger charge is 2.21. The molecule has 0 radical (unpaired) electrons. The number of hydrogen-bond donors (Lipinski definition) is 1. The fourth-order valence-electron chi connectivity index (χ4n) is 3.81. The van der Waals surface area contributed by atoms with Crippen LogP contribution >= 0.6 is 0 Å². The monoisotopic (exact) mass is 414 g/mol. The Labute approximate surface area is 179 Å². The lowest BCUT2D eigenvalue weighted by atomic mass is 10.2. The smallest absolute Gasteiger partial charge is 0.259 e. The molecular formula is C23H22N6O2. The molecule has 1 saturated heterocycles. The summed E-state index contributed by atoms with van der Waals surface area (Å²) in [6, 6.07) is 13.4. The SMILES string of the molecule is C[C@@H]1CN(c2ccncc2NC(=O)c2ccnn3cc(-c4ccccc4)nc23)CCO1. The molecule has 1 aromatic carbocycles. The molecule has 0 spiro atoms. The van der Waals surface area contributed by atoms with E-state index in [0.717, 1.165) is 30.0 Å². The number of morpholine rings is 1. The highest BCUT2D eigenvalue weighted by molar-refractivity contribution is 6.09. The summed E-state index contributed by atoms with van der Waals surface area (Å²) in [4.78, 5) is 24.3. The number of hydrogen-bond acceptors (Lipinski definition) is 6. The summed E-state index contributed by atoms with van der Waals surface area (Å²) >= 11 is 0. The third kappa shape index (κ3) is 3.85. The highest BCUT2D eigenvalue weighted by Crippen LogP contribution is 2.27. The number of nitrogens with zero attached hydrogens (tertiary/aromatic N) is 5. The van der Waals surface area contributed by atoms with Gasteiger partial charge in [0, 0.05) is 31.0 Å². The first-order valence-corrected chi connectivity index (χ1v) is 10.2. The van der Waals surface area contributed by atoms with E-state index in [4.69, 9.17) is 4.74 Å². The van der Waals surface area contributed by atoms with Crippen LogP contribution in [0.25, 0.3) is 16.9 Å². The summed E-state index contributed by atoms with van der Waals surface area (Å²) in [6.07, 6.45) is 6.97. The van der Waals surface area contributed by atoms with Gasteiger partial charge in [-0.1, -0.05) is 30.3 Å². The van der Waals surface area contributed by atoms with Crippen LogP contribution in [0.4, 0.5) is 11.4 Å². The molecule has 8 heteroatoms. The molecule has 5 rings (SSSR count). The van der Waals surface area contributed by atoms with Crippen LogP contribution in [0.2, 0.25) is 0 Å². The van der Waals surface area contributed by atoms with E-state index in [0.29, 0.717) is 23.5 Å². The topological polar surface area (TPSA) is 84.7 Å². The molecule has 3 aromatic heterocycles. The normalized spacial score (nSPS) is 16.4. The molecule has 1 aliphatic heterocycles. The lowest BCUT2D eigenvalue weighted by Crippen LogP contribution is -2.41. The Kier molecular flexibility index (Phi) is 5.05. The Morgan fingerprint density at radius 2 is 2.03 bits per heavy atom. The molecule has 0 unspecified atom stereocenters. The Morgan fingerprint density at radius 1 is 1.16 bits per heavy atom. The molecule has 0 saturated carbocycles. The number of benzene rings is 1. The van der Waals surface area contributed by atoms with Gasteiger partial charge in [-0.2, -0.15) is 5.10 Å². The number of imidazole rings is 1. The minimum absolute atomic E-state index is 0.131. The lowest BCUT2D eigenvalue weighted by molar-refractivity contribution is 0.0533. The Morgan fingerprint density at radius 3 is 2.87 bits per heavy atom. The van der Waals surface area contributed by atoms with Crippen molar-refractivity contribution in [2.45, 2.75) is 13.0 Å². The van der Waals surface area contributed by atoms with Gasteiger partial charge in [-0.25, -0.2) is 9.50 Å². The maximum Gasteiger partial charge on any atom is 0.259 e. The van der Waals surface area contributed by atoms with Crippen LogP contribution in [0.15, 0.2) is 67.3 Å². The van der Waals surface area contributed by atoms with Gasteiger partial charge in [-0.3, -0.25) is 9.78 Å². The van der Waals surface area contributed by atoms with Crippen molar-refractivity contribution in [3.8, 4) is 11.3 Å². The minimum Gasteiger partial charge on any atom is -0.375 e. The number of nitrogens with one attached hydrogen (secondary N) is 1. The molecule has 0 aliphatic carbocycles. The highest BCUT2D eigenvalue weighted by atomic mass is 16.5. The summed E-state index contributed by atoms with van der Waals surface area (Å²) in [6.45, 7) is 4.21. The van der Waals surface area contributed by atoms with Gasteiger partial charge in [0.1, 0.15) is 0 Å². The van der Waals surface area contributed by atoms with E-state index in [1.54, 1.807) is 29.2 Å². The van der Waals surface area contributed by atoms with Crippen molar-refractivity contribution in [2.75, 3.05) is 29.9 Å². The summed E-state index contributed by atoms with van der Waals surface area (Å²) in [5, 5.41) is 7.33. The van der Waals surface area contributed by atoms with Crippen molar-refractivity contribution in [2.24, 2.45) is 0 Å². The zero-order valence-corrected chi connectivity index (χ0v) is 17.1. The number of ether oxygens (including phenoxy) is 1. The van der Waals surface area contributed by atoms with Gasteiger partial charge in [-0.05, 0) is 19.1 Å². The van der Waals surface area contributed by atoms with Crippen LogP contribution in [0.1, 0.15) is 17.3 Å². The molecule has 4 heterocycles. The molecule has 4 aromatic rings. The Bertz CT molecular complexity index is 1220. The van der Waals surface area contributed by atoms with Crippen LogP contribution < -0.4 is 10.2 Å². The van der Waals surface area contributed by atoms with E-state index in [9.17, 15) is 4.79 Å². The number of carbonyl (C=O) groups is 1. The first-order valence-electron chi connectivity index (χ1n) is 10.2. The number of pyridine rings is 1. The van der Waals surface area contributed by atoms with Gasteiger partial charge < -0.3 is 15.0 Å². The van der Waals surface area contributed by atoms with Gasteiger partial charge in [0.05, 0.1) is 47.7 Å². The fraction of sp³-hybridized carbons (Fsp3) is 0.217. The zero-order chi connectivity index (χ0) is 21.2. The van der Waals surface area contributed by atoms with E-state index in [1.165, 1.54) is 0 Å². The minimum atomic E-state index is -0.256. The molecule has 1 atom stereocenters. The summed E-state index contributed by atoms with van der Waals surface area (Å²) < 4.78 is 7.27. The standard InChI is InChI=1S/C23H22N6O2/c1-16-14-28(11-12-31-16)21-8-9-24-13-19(21)27-23(30)18-7-10-25-29-15-20(26-22(18)29)17-5-3-2-4-6-17/h2-10,13,15-16H,11-12,14H2,1H3,(H,27,30)/t16-/m1/s1. The molecular weight excluding hydrogens is 392 g/mol. The van der Waals surface area contributed by atoms with Crippen LogP contribution in [0.5, 0.6) is 0 Å². The Hall–Kier alpha value is -3.78. The maximum absolute atomic E-state index is 13.2. The first kappa shape index (κ1) is 19.2. The maximum atomic E-state index is 13.2. The van der Waals surface area contributed by atoms with Crippen LogP contribution in [0, 0.1) is 0 Å². The first-order chi connectivity index (χ1) is 15.2. The van der Waals surface area contributed by atoms with Gasteiger partial charge in [0.15, 0.2) is 5.65 Å². The second-order valence-electron chi connectivity index (χ2n) is 7.48. The van der Waals surface area contributed by atoms with Crippen molar-refractivity contribution in [1.29, 1.82) is 0 Å². The van der Waals surface area contributed by atoms with Gasteiger partial charge in [-0.15, -0.1) is 0 Å². The molecule has 1 N–H and O–H groups in total. The van der Waals surface area contributed by atoms with Crippen molar-refractivity contribution >= 4 is 22.9 Å². The van der Waals surface area contributed by atoms with E-state index < -0.39 is 0 Å². The molecule has 1 amide bonds. The summed E-state index contributed by atoms with van der Waals surface area (Å²) in [5.74, 6) is -0.256. The molecule has 0 bridgehead atoms. The van der Waals surface area contributed by atoms with E-state index in [2.05, 4.69) is 25.3 Å². The number of aromatic nitrogens is 4. The number of rotatable bonds is 4. The van der Waals surface area contributed by atoms with Crippen LogP contribution in [-0.2, 0) is 4.74 Å². The predicted molar refractivity (Wildman–Crippen MR) is 118 cm³/mol. The largest absolute Gasteiger partial charge is 0.375 e. The molecule has 8 nitrogen and oxygen atoms in total. The van der Waals surface area contributed by atoms with Crippen LogP contribution in [0.3, 0.4) is 0 Å². The van der Waals surface area contributed by atoms with E-state index >= 15 is 0 Å². The van der Waals surface area contributed by atoms with Crippen LogP contribution in [-0.4, -0.2) is 51.3 Å². The lowest BCUT2D eigenvalue weighted by Gasteiger charge is -2.33. The second-order valence-corrected chi connectivity index (χ2v) is 7.48. The number of carbonyl (C=O) groups excluding carboxylic acids is 1. The average molecular weight is 414 g/mol. The van der Waals surface area contributed by atoms with Crippen molar-refractivity contribution in [3.05, 3.63) is 72.8 Å². The van der Waals surface area contributed by atoms with Gasteiger partial charge in [0.2, 0.25) is 0 Å². The van der Waals surface area contributed by atoms with E-state index in [1.807, 2.05) is 49.5 Å². The zero-order valence-electron chi connectivity index (χ0n) is 17.1. The third-order valence-electron chi connectivity index (χ3n) is 5.30. The summed E-state index contributed by atoms with van der Waals surface area (Å²) in [7, 11) is 0. The average Bonchev–Trinajstić information content (AvgIpc) is 3.24.